The number of nitriles is 1. The van der Waals surface area contributed by atoms with Gasteiger partial charge in [-0.3, -0.25) is 0 Å². The van der Waals surface area contributed by atoms with Gasteiger partial charge in [-0.15, -0.1) is 6.42 Å². The van der Waals surface area contributed by atoms with Crippen LogP contribution in [-0.4, -0.2) is 4.98 Å². The zero-order valence-electron chi connectivity index (χ0n) is 9.01. The Morgan fingerprint density at radius 3 is 2.71 bits per heavy atom. The average molecular weight is 219 g/mol. The van der Waals surface area contributed by atoms with Crippen molar-refractivity contribution in [1.29, 1.82) is 5.26 Å². The van der Waals surface area contributed by atoms with Gasteiger partial charge in [0.2, 0.25) is 0 Å². The van der Waals surface area contributed by atoms with E-state index in [1.165, 1.54) is 0 Å². The third kappa shape index (κ3) is 2.25. The van der Waals surface area contributed by atoms with Crippen LogP contribution in [0.15, 0.2) is 36.4 Å². The number of rotatable bonds is 1. The van der Waals surface area contributed by atoms with Crippen LogP contribution < -0.4 is 5.73 Å². The standard InChI is InChI=1S/C14H9N3/c1-2-13-7-12(8-14(16)17-13)11-5-3-4-10(6-11)9-15/h1,3-8H,(H2,16,17). The van der Waals surface area contributed by atoms with Gasteiger partial charge in [0.05, 0.1) is 11.6 Å². The third-order valence-electron chi connectivity index (χ3n) is 2.32. The Hall–Kier alpha value is -2.78. The van der Waals surface area contributed by atoms with Gasteiger partial charge in [-0.25, -0.2) is 4.98 Å². The zero-order chi connectivity index (χ0) is 12.3. The molecular formula is C14H9N3. The van der Waals surface area contributed by atoms with E-state index in [1.54, 1.807) is 24.3 Å². The van der Waals surface area contributed by atoms with Crippen molar-refractivity contribution in [1.82, 2.24) is 4.98 Å². The van der Waals surface area contributed by atoms with Gasteiger partial charge in [0.15, 0.2) is 0 Å². The Labute approximate surface area is 99.5 Å². The average Bonchev–Trinajstić information content (AvgIpc) is 2.38. The van der Waals surface area contributed by atoms with Gasteiger partial charge in [0.1, 0.15) is 11.5 Å². The number of nitrogens with zero attached hydrogens (tertiary/aromatic N) is 2. The van der Waals surface area contributed by atoms with Gasteiger partial charge in [0.25, 0.3) is 0 Å². The van der Waals surface area contributed by atoms with E-state index in [0.717, 1.165) is 11.1 Å². The van der Waals surface area contributed by atoms with Crippen LogP contribution in [0.25, 0.3) is 11.1 Å². The number of hydrogen-bond acceptors (Lipinski definition) is 3. The van der Waals surface area contributed by atoms with Crippen molar-refractivity contribution in [3.63, 3.8) is 0 Å². The number of pyridine rings is 1. The highest BCUT2D eigenvalue weighted by Crippen LogP contribution is 2.22. The van der Waals surface area contributed by atoms with Crippen molar-refractivity contribution in [2.24, 2.45) is 0 Å². The Bertz CT molecular complexity index is 645. The molecule has 0 aliphatic rings. The van der Waals surface area contributed by atoms with Gasteiger partial charge < -0.3 is 5.73 Å². The predicted octanol–water partition coefficient (Wildman–Crippen LogP) is 2.18. The Morgan fingerprint density at radius 1 is 1.18 bits per heavy atom. The first kappa shape index (κ1) is 10.7. The van der Waals surface area contributed by atoms with E-state index in [4.69, 9.17) is 17.4 Å². The smallest absolute Gasteiger partial charge is 0.125 e. The molecule has 3 heteroatoms. The number of nitrogen functional groups attached to an aromatic ring is 1. The molecule has 2 rings (SSSR count). The quantitative estimate of drug-likeness (QED) is 0.748. The first-order chi connectivity index (χ1) is 8.22. The molecule has 0 saturated heterocycles. The van der Waals surface area contributed by atoms with E-state index < -0.39 is 0 Å². The molecule has 0 fully saturated rings. The lowest BCUT2D eigenvalue weighted by Gasteiger charge is -2.04. The normalized spacial score (nSPS) is 9.29. The highest BCUT2D eigenvalue weighted by atomic mass is 14.8. The molecule has 0 amide bonds. The lowest BCUT2D eigenvalue weighted by atomic mass is 10.0. The second-order valence-electron chi connectivity index (χ2n) is 3.50. The van der Waals surface area contributed by atoms with Crippen molar-refractivity contribution in [2.45, 2.75) is 0 Å². The Balaban J connectivity index is 2.57. The molecule has 0 aliphatic heterocycles. The molecule has 0 atom stereocenters. The van der Waals surface area contributed by atoms with Gasteiger partial charge in [-0.05, 0) is 35.4 Å². The largest absolute Gasteiger partial charge is 0.384 e. The number of nitrogens with two attached hydrogens (primary N) is 1. The molecule has 0 saturated carbocycles. The fourth-order valence-corrected chi connectivity index (χ4v) is 1.56. The SMILES string of the molecule is C#Cc1cc(-c2cccc(C#N)c2)cc(N)n1. The molecular weight excluding hydrogens is 210 g/mol. The Kier molecular flexibility index (Phi) is 2.77. The summed E-state index contributed by atoms with van der Waals surface area (Å²) in [5.41, 5.74) is 8.52. The van der Waals surface area contributed by atoms with Gasteiger partial charge in [0, 0.05) is 0 Å². The van der Waals surface area contributed by atoms with Crippen LogP contribution in [0, 0.1) is 23.7 Å². The molecule has 1 aromatic heterocycles. The molecule has 0 aliphatic carbocycles. The number of benzene rings is 1. The van der Waals surface area contributed by atoms with Crippen LogP contribution >= 0.6 is 0 Å². The second-order valence-corrected chi connectivity index (χ2v) is 3.50. The van der Waals surface area contributed by atoms with Crippen molar-refractivity contribution < 1.29 is 0 Å². The first-order valence-electron chi connectivity index (χ1n) is 4.97. The molecule has 0 radical (unpaired) electrons. The van der Waals surface area contributed by atoms with E-state index in [-0.39, 0.29) is 0 Å². The minimum absolute atomic E-state index is 0.373. The first-order valence-corrected chi connectivity index (χ1v) is 4.97. The van der Waals surface area contributed by atoms with E-state index in [1.807, 2.05) is 12.1 Å². The van der Waals surface area contributed by atoms with Crippen LogP contribution in [0.2, 0.25) is 0 Å². The maximum absolute atomic E-state index is 8.84. The summed E-state index contributed by atoms with van der Waals surface area (Å²) in [6.45, 7) is 0. The summed E-state index contributed by atoms with van der Waals surface area (Å²) in [5.74, 6) is 2.82. The topological polar surface area (TPSA) is 62.7 Å². The molecule has 1 heterocycles. The summed E-state index contributed by atoms with van der Waals surface area (Å²) >= 11 is 0. The van der Waals surface area contributed by atoms with Crippen LogP contribution in [0.1, 0.15) is 11.3 Å². The van der Waals surface area contributed by atoms with Crippen LogP contribution in [-0.2, 0) is 0 Å². The van der Waals surface area contributed by atoms with Crippen molar-refractivity contribution in [2.75, 3.05) is 5.73 Å². The maximum Gasteiger partial charge on any atom is 0.125 e. The van der Waals surface area contributed by atoms with Crippen molar-refractivity contribution in [3.05, 3.63) is 47.7 Å². The highest BCUT2D eigenvalue weighted by molar-refractivity contribution is 5.68. The van der Waals surface area contributed by atoms with E-state index in [9.17, 15) is 0 Å². The molecule has 0 bridgehead atoms. The van der Waals surface area contributed by atoms with Crippen LogP contribution in [0.4, 0.5) is 5.82 Å². The molecule has 3 nitrogen and oxygen atoms in total. The summed E-state index contributed by atoms with van der Waals surface area (Å²) in [6.07, 6.45) is 5.30. The summed E-state index contributed by atoms with van der Waals surface area (Å²) in [6, 6.07) is 12.8. The van der Waals surface area contributed by atoms with Crippen molar-refractivity contribution in [3.8, 4) is 29.5 Å². The Morgan fingerprint density at radius 2 is 2.00 bits per heavy atom. The number of terminal acetylenes is 1. The molecule has 0 spiro atoms. The van der Waals surface area contributed by atoms with Crippen LogP contribution in [0.3, 0.4) is 0 Å². The molecule has 80 valence electrons. The molecule has 1 aromatic carbocycles. The van der Waals surface area contributed by atoms with E-state index in [2.05, 4.69) is 17.0 Å². The van der Waals surface area contributed by atoms with Crippen molar-refractivity contribution >= 4 is 5.82 Å². The van der Waals surface area contributed by atoms with E-state index in [0.29, 0.717) is 17.1 Å². The maximum atomic E-state index is 8.84. The third-order valence-corrected chi connectivity index (χ3v) is 2.32. The second kappa shape index (κ2) is 4.38. The minimum Gasteiger partial charge on any atom is -0.384 e. The molecule has 0 unspecified atom stereocenters. The van der Waals surface area contributed by atoms with Gasteiger partial charge in [-0.1, -0.05) is 18.1 Å². The summed E-state index contributed by atoms with van der Waals surface area (Å²) in [5, 5.41) is 8.84. The van der Waals surface area contributed by atoms with Crippen LogP contribution in [0.5, 0.6) is 0 Å². The summed E-state index contributed by atoms with van der Waals surface area (Å²) < 4.78 is 0. The lowest BCUT2D eigenvalue weighted by molar-refractivity contribution is 1.30. The fraction of sp³-hybridized carbons (Fsp3) is 0. The molecule has 2 N–H and O–H groups in total. The van der Waals surface area contributed by atoms with E-state index >= 15 is 0 Å². The summed E-state index contributed by atoms with van der Waals surface area (Å²) in [7, 11) is 0. The monoisotopic (exact) mass is 219 g/mol. The predicted molar refractivity (Wildman–Crippen MR) is 66.7 cm³/mol. The van der Waals surface area contributed by atoms with Gasteiger partial charge in [-0.2, -0.15) is 5.26 Å². The van der Waals surface area contributed by atoms with Gasteiger partial charge >= 0.3 is 0 Å². The minimum atomic E-state index is 0.373. The zero-order valence-corrected chi connectivity index (χ0v) is 9.01. The molecule has 2 aromatic rings. The number of hydrogen-bond donors (Lipinski definition) is 1. The lowest BCUT2D eigenvalue weighted by Crippen LogP contribution is -1.94. The highest BCUT2D eigenvalue weighted by Gasteiger charge is 2.02. The summed E-state index contributed by atoms with van der Waals surface area (Å²) in [4.78, 5) is 4.00. The number of aromatic nitrogens is 1. The fourth-order valence-electron chi connectivity index (χ4n) is 1.56. The number of anilines is 1. The molecule has 17 heavy (non-hydrogen) atoms.